The Morgan fingerprint density at radius 1 is 1.29 bits per heavy atom. The minimum atomic E-state index is -0.267. The van der Waals surface area contributed by atoms with E-state index in [9.17, 15) is 10.1 Å². The molecular formula is C16H13N2O3+. The molecule has 104 valence electrons. The number of hydrogen-bond acceptors (Lipinski definition) is 3. The van der Waals surface area contributed by atoms with Gasteiger partial charge in [-0.15, -0.1) is 0 Å². The van der Waals surface area contributed by atoms with Crippen LogP contribution >= 0.6 is 0 Å². The SMILES string of the molecule is N#Cc1ccc(O[C@H]2CCc3ccccc32)c([N+](=O)O)c1. The number of fused-ring (bicyclic) bond motifs is 1. The molecule has 1 aliphatic rings. The summed E-state index contributed by atoms with van der Waals surface area (Å²) in [6.07, 6.45) is 1.60. The zero-order valence-electron chi connectivity index (χ0n) is 11.2. The van der Waals surface area contributed by atoms with Crippen LogP contribution < -0.4 is 4.74 Å². The molecule has 0 spiro atoms. The summed E-state index contributed by atoms with van der Waals surface area (Å²) in [5, 5.41) is 18.0. The van der Waals surface area contributed by atoms with Crippen molar-refractivity contribution in [2.45, 2.75) is 18.9 Å². The Morgan fingerprint density at radius 3 is 2.86 bits per heavy atom. The van der Waals surface area contributed by atoms with Gasteiger partial charge in [-0.2, -0.15) is 5.26 Å². The largest absolute Gasteiger partial charge is 0.479 e. The van der Waals surface area contributed by atoms with Crippen molar-refractivity contribution in [3.63, 3.8) is 0 Å². The molecule has 0 aliphatic heterocycles. The summed E-state index contributed by atoms with van der Waals surface area (Å²) in [4.78, 5) is 11.0. The van der Waals surface area contributed by atoms with Gasteiger partial charge in [0.15, 0.2) is 0 Å². The molecule has 0 fully saturated rings. The van der Waals surface area contributed by atoms with E-state index in [1.54, 1.807) is 6.07 Å². The van der Waals surface area contributed by atoms with E-state index in [1.165, 1.54) is 17.7 Å². The van der Waals surface area contributed by atoms with Gasteiger partial charge in [-0.1, -0.05) is 24.3 Å². The van der Waals surface area contributed by atoms with Gasteiger partial charge in [0.25, 0.3) is 4.92 Å². The lowest BCUT2D eigenvalue weighted by molar-refractivity contribution is -0.730. The summed E-state index contributed by atoms with van der Waals surface area (Å²) >= 11 is 0. The third-order valence-corrected chi connectivity index (χ3v) is 3.64. The molecule has 1 N–H and O–H groups in total. The van der Waals surface area contributed by atoms with Gasteiger partial charge in [0.2, 0.25) is 5.75 Å². The molecule has 2 aromatic rings. The van der Waals surface area contributed by atoms with Crippen molar-refractivity contribution >= 4 is 5.69 Å². The van der Waals surface area contributed by atoms with E-state index < -0.39 is 0 Å². The summed E-state index contributed by atoms with van der Waals surface area (Å²) in [6.45, 7) is 0. The second-order valence-corrected chi connectivity index (χ2v) is 4.91. The Kier molecular flexibility index (Phi) is 3.28. The molecule has 5 nitrogen and oxygen atoms in total. The molecule has 1 atom stereocenters. The highest BCUT2D eigenvalue weighted by atomic mass is 16.6. The van der Waals surface area contributed by atoms with E-state index in [2.05, 4.69) is 6.07 Å². The van der Waals surface area contributed by atoms with Gasteiger partial charge in [-0.3, -0.25) is 0 Å². The normalized spacial score (nSPS) is 16.0. The van der Waals surface area contributed by atoms with Crippen LogP contribution in [0.2, 0.25) is 0 Å². The minimum absolute atomic E-state index is 0.0570. The Labute approximate surface area is 121 Å². The predicted molar refractivity (Wildman–Crippen MR) is 74.4 cm³/mol. The molecule has 2 aromatic carbocycles. The average molecular weight is 281 g/mol. The van der Waals surface area contributed by atoms with Crippen LogP contribution in [0.25, 0.3) is 0 Å². The quantitative estimate of drug-likeness (QED) is 0.875. The Hall–Kier alpha value is -2.87. The van der Waals surface area contributed by atoms with Crippen molar-refractivity contribution in [1.29, 1.82) is 5.26 Å². The third-order valence-electron chi connectivity index (χ3n) is 3.64. The summed E-state index contributed by atoms with van der Waals surface area (Å²) in [5.74, 6) is 0.271. The van der Waals surface area contributed by atoms with Gasteiger partial charge in [-0.25, -0.2) is 5.21 Å². The number of ether oxygens (including phenoxy) is 1. The first-order chi connectivity index (χ1) is 10.2. The molecule has 3 rings (SSSR count). The van der Waals surface area contributed by atoms with Crippen LogP contribution in [0.4, 0.5) is 5.69 Å². The highest BCUT2D eigenvalue weighted by molar-refractivity contribution is 5.51. The van der Waals surface area contributed by atoms with E-state index >= 15 is 0 Å². The third kappa shape index (κ3) is 2.43. The summed E-state index contributed by atoms with van der Waals surface area (Å²) < 4.78 is 5.88. The van der Waals surface area contributed by atoms with Gasteiger partial charge in [0.05, 0.1) is 16.5 Å². The molecule has 5 heteroatoms. The van der Waals surface area contributed by atoms with E-state index in [0.29, 0.717) is 5.56 Å². The fraction of sp³-hybridized carbons (Fsp3) is 0.188. The Morgan fingerprint density at radius 2 is 2.10 bits per heavy atom. The zero-order valence-corrected chi connectivity index (χ0v) is 11.2. The maximum Gasteiger partial charge on any atom is 0.359 e. The van der Waals surface area contributed by atoms with Crippen LogP contribution in [0.1, 0.15) is 29.2 Å². The molecule has 0 unspecified atom stereocenters. The maximum atomic E-state index is 11.2. The lowest BCUT2D eigenvalue weighted by Crippen LogP contribution is -2.06. The molecule has 0 heterocycles. The van der Waals surface area contributed by atoms with Crippen molar-refractivity contribution in [3.8, 4) is 11.8 Å². The number of hydrogen-bond donors (Lipinski definition) is 1. The first-order valence-electron chi connectivity index (χ1n) is 6.64. The second kappa shape index (κ2) is 5.25. The highest BCUT2D eigenvalue weighted by Gasteiger charge is 2.28. The molecule has 0 saturated heterocycles. The molecular weight excluding hydrogens is 268 g/mol. The van der Waals surface area contributed by atoms with Crippen LogP contribution in [0.3, 0.4) is 0 Å². The number of aryl methyl sites for hydroxylation is 1. The van der Waals surface area contributed by atoms with Gasteiger partial charge < -0.3 is 4.74 Å². The minimum Gasteiger partial charge on any atom is -0.479 e. The van der Waals surface area contributed by atoms with Crippen LogP contribution in [0.5, 0.6) is 5.75 Å². The second-order valence-electron chi connectivity index (χ2n) is 4.91. The molecule has 0 radical (unpaired) electrons. The van der Waals surface area contributed by atoms with Crippen molar-refractivity contribution in [2.24, 2.45) is 0 Å². The summed E-state index contributed by atoms with van der Waals surface area (Å²) in [5.41, 5.74) is 2.57. The van der Waals surface area contributed by atoms with Gasteiger partial charge in [0.1, 0.15) is 6.10 Å². The number of nitriles is 1. The lowest BCUT2D eigenvalue weighted by Gasteiger charge is -2.14. The van der Waals surface area contributed by atoms with Crippen molar-refractivity contribution in [2.75, 3.05) is 0 Å². The molecule has 0 bridgehead atoms. The predicted octanol–water partition coefficient (Wildman–Crippen LogP) is 3.42. The monoisotopic (exact) mass is 281 g/mol. The van der Waals surface area contributed by atoms with Gasteiger partial charge in [-0.05, 0) is 36.1 Å². The van der Waals surface area contributed by atoms with E-state index in [4.69, 9.17) is 10.00 Å². The van der Waals surface area contributed by atoms with E-state index in [0.717, 1.165) is 18.4 Å². The van der Waals surface area contributed by atoms with Crippen LogP contribution in [-0.4, -0.2) is 10.1 Å². The van der Waals surface area contributed by atoms with Crippen molar-refractivity contribution in [1.82, 2.24) is 0 Å². The highest BCUT2D eigenvalue weighted by Crippen LogP contribution is 2.38. The van der Waals surface area contributed by atoms with Crippen LogP contribution in [0.15, 0.2) is 42.5 Å². The fourth-order valence-electron chi connectivity index (χ4n) is 2.63. The number of benzene rings is 2. The molecule has 21 heavy (non-hydrogen) atoms. The van der Waals surface area contributed by atoms with Gasteiger partial charge >= 0.3 is 5.69 Å². The number of rotatable bonds is 3. The Bertz CT molecular complexity index is 749. The summed E-state index contributed by atoms with van der Waals surface area (Å²) in [7, 11) is 0. The van der Waals surface area contributed by atoms with Crippen LogP contribution in [0, 0.1) is 16.2 Å². The Balaban J connectivity index is 1.93. The van der Waals surface area contributed by atoms with Crippen molar-refractivity contribution in [3.05, 3.63) is 64.1 Å². The topological polar surface area (TPSA) is 73.3 Å². The zero-order chi connectivity index (χ0) is 14.8. The molecule has 0 aromatic heterocycles. The smallest absolute Gasteiger partial charge is 0.359 e. The summed E-state index contributed by atoms with van der Waals surface area (Å²) in [6, 6.07) is 14.3. The first kappa shape index (κ1) is 13.1. The maximum absolute atomic E-state index is 11.2. The fourth-order valence-corrected chi connectivity index (χ4v) is 2.63. The molecule has 1 aliphatic carbocycles. The van der Waals surface area contributed by atoms with Crippen LogP contribution in [-0.2, 0) is 6.42 Å². The number of nitrogens with zero attached hydrogens (tertiary/aromatic N) is 2. The average Bonchev–Trinajstić information content (AvgIpc) is 2.91. The molecule has 0 saturated carbocycles. The van der Waals surface area contributed by atoms with E-state index in [-0.39, 0.29) is 22.5 Å². The van der Waals surface area contributed by atoms with Gasteiger partial charge in [0, 0.05) is 6.07 Å². The van der Waals surface area contributed by atoms with E-state index in [1.807, 2.05) is 24.3 Å². The molecule has 0 amide bonds. The standard InChI is InChI=1S/C16H13N2O3/c17-10-11-5-7-16(14(9-11)18(19)20)21-15-8-6-12-3-1-2-4-13(12)15/h1-5,7,9,15H,6,8H2,(H,19,20)/q+1/t15-/m0/s1. The first-order valence-corrected chi connectivity index (χ1v) is 6.64. The lowest BCUT2D eigenvalue weighted by atomic mass is 10.1. The van der Waals surface area contributed by atoms with Crippen molar-refractivity contribution < 1.29 is 14.9 Å².